The van der Waals surface area contributed by atoms with Gasteiger partial charge in [-0.15, -0.1) is 0 Å². The minimum Gasteiger partial charge on any atom is -0.368 e. The van der Waals surface area contributed by atoms with Gasteiger partial charge in [-0.2, -0.15) is 0 Å². The van der Waals surface area contributed by atoms with Crippen LogP contribution in [-0.4, -0.2) is 42.4 Å². The Morgan fingerprint density at radius 2 is 1.92 bits per heavy atom. The maximum Gasteiger partial charge on any atom is 0.251 e. The molecule has 6 heteroatoms. The number of hydrogen-bond acceptors (Lipinski definition) is 4. The van der Waals surface area contributed by atoms with Crippen molar-refractivity contribution < 1.29 is 19.1 Å². The third kappa shape index (κ3) is 5.14. The predicted octanol–water partition coefficient (Wildman–Crippen LogP) is 2.08. The first-order valence-electron chi connectivity index (χ1n) is 9.04. The number of Topliss-reactive ketones (excluding diaryl/α,β-unsaturated/α-hetero) is 1. The Kier molecular flexibility index (Phi) is 6.53. The van der Waals surface area contributed by atoms with Gasteiger partial charge in [-0.25, -0.2) is 0 Å². The van der Waals surface area contributed by atoms with Crippen LogP contribution in [0.25, 0.3) is 0 Å². The number of carbonyl (C=O) groups is 3. The van der Waals surface area contributed by atoms with Gasteiger partial charge in [-0.05, 0) is 30.9 Å². The normalized spacial score (nSPS) is 21.3. The first-order valence-corrected chi connectivity index (χ1v) is 9.04. The molecule has 1 fully saturated rings. The lowest BCUT2D eigenvalue weighted by Crippen LogP contribution is -2.54. The second kappa shape index (κ2) is 8.45. The topological polar surface area (TPSA) is 84.5 Å². The maximum atomic E-state index is 12.8. The summed E-state index contributed by atoms with van der Waals surface area (Å²) in [6.45, 7) is 7.91. The van der Waals surface area contributed by atoms with E-state index in [1.54, 1.807) is 31.2 Å². The van der Waals surface area contributed by atoms with Crippen LogP contribution >= 0.6 is 0 Å². The van der Waals surface area contributed by atoms with Crippen LogP contribution in [0.1, 0.15) is 50.9 Å². The fourth-order valence-corrected chi connectivity index (χ4v) is 2.85. The van der Waals surface area contributed by atoms with Gasteiger partial charge >= 0.3 is 0 Å². The molecule has 0 aromatic heterocycles. The molecule has 1 aromatic carbocycles. The summed E-state index contributed by atoms with van der Waals surface area (Å²) in [5, 5.41) is 5.58. The van der Waals surface area contributed by atoms with E-state index in [0.717, 1.165) is 6.42 Å². The molecule has 1 aliphatic heterocycles. The Balaban J connectivity index is 2.13. The molecule has 1 aliphatic rings. The first-order chi connectivity index (χ1) is 12.2. The first kappa shape index (κ1) is 20.1. The van der Waals surface area contributed by atoms with Gasteiger partial charge in [0.05, 0.1) is 6.10 Å². The molecule has 2 N–H and O–H groups in total. The monoisotopic (exact) mass is 360 g/mol. The van der Waals surface area contributed by atoms with Crippen LogP contribution in [0.15, 0.2) is 30.3 Å². The highest BCUT2D eigenvalue weighted by atomic mass is 16.5. The number of nitrogens with one attached hydrogen (secondary N) is 2. The van der Waals surface area contributed by atoms with Crippen molar-refractivity contribution >= 4 is 17.6 Å². The van der Waals surface area contributed by atoms with E-state index in [1.807, 2.05) is 13.0 Å². The van der Waals surface area contributed by atoms with Crippen LogP contribution in [0.5, 0.6) is 0 Å². The number of amides is 2. The Hall–Kier alpha value is -2.21. The fourth-order valence-electron chi connectivity index (χ4n) is 2.85. The number of ketones is 1. The van der Waals surface area contributed by atoms with Crippen molar-refractivity contribution in [1.82, 2.24) is 10.6 Å². The highest BCUT2D eigenvalue weighted by Crippen LogP contribution is 2.26. The van der Waals surface area contributed by atoms with Crippen molar-refractivity contribution in [2.24, 2.45) is 5.41 Å². The lowest BCUT2D eigenvalue weighted by Gasteiger charge is -2.29. The largest absolute Gasteiger partial charge is 0.368 e. The van der Waals surface area contributed by atoms with Crippen LogP contribution in [0, 0.1) is 5.41 Å². The van der Waals surface area contributed by atoms with Crippen molar-refractivity contribution in [2.75, 3.05) is 6.61 Å². The highest BCUT2D eigenvalue weighted by Gasteiger charge is 2.36. The summed E-state index contributed by atoms with van der Waals surface area (Å²) in [4.78, 5) is 37.2. The molecule has 1 aromatic rings. The minimum absolute atomic E-state index is 0.00755. The summed E-state index contributed by atoms with van der Waals surface area (Å²) in [6.07, 6.45) is 0.973. The molecule has 1 unspecified atom stereocenters. The van der Waals surface area contributed by atoms with Gasteiger partial charge in [0.15, 0.2) is 5.78 Å². The van der Waals surface area contributed by atoms with Crippen molar-refractivity contribution in [1.29, 1.82) is 0 Å². The molecule has 0 saturated carbocycles. The van der Waals surface area contributed by atoms with E-state index in [1.165, 1.54) is 0 Å². The van der Waals surface area contributed by atoms with Crippen molar-refractivity contribution in [3.63, 3.8) is 0 Å². The van der Waals surface area contributed by atoms with Crippen molar-refractivity contribution in [3.05, 3.63) is 35.9 Å². The van der Waals surface area contributed by atoms with Crippen LogP contribution in [0.3, 0.4) is 0 Å². The van der Waals surface area contributed by atoms with Crippen LogP contribution in [0.4, 0.5) is 0 Å². The van der Waals surface area contributed by atoms with Gasteiger partial charge in [-0.1, -0.05) is 45.4 Å². The standard InChI is InChI=1S/C20H28N2O4/c1-5-20(3,4)11-15(21-18(24)14-9-7-6-8-10-14)19(25)22-17-13(2)26-12-16(17)23/h6-10,13,15,17H,5,11-12H2,1-4H3,(H,21,24)(H,22,25)/t13-,15?,17-/m0/s1. The third-order valence-corrected chi connectivity index (χ3v) is 4.97. The number of carbonyl (C=O) groups excluding carboxylic acids is 3. The van der Waals surface area contributed by atoms with Gasteiger partial charge in [0.25, 0.3) is 5.91 Å². The highest BCUT2D eigenvalue weighted by molar-refractivity contribution is 5.98. The Morgan fingerprint density at radius 3 is 2.46 bits per heavy atom. The number of hydrogen-bond donors (Lipinski definition) is 2. The summed E-state index contributed by atoms with van der Waals surface area (Å²) in [5.74, 6) is -0.806. The summed E-state index contributed by atoms with van der Waals surface area (Å²) in [7, 11) is 0. The molecule has 0 spiro atoms. The van der Waals surface area contributed by atoms with E-state index in [4.69, 9.17) is 4.74 Å². The molecule has 2 amide bonds. The van der Waals surface area contributed by atoms with E-state index >= 15 is 0 Å². The summed E-state index contributed by atoms with van der Waals surface area (Å²) >= 11 is 0. The van der Waals surface area contributed by atoms with Crippen LogP contribution < -0.4 is 10.6 Å². The SMILES string of the molecule is CCC(C)(C)CC(NC(=O)c1ccccc1)C(=O)N[C@@H]1C(=O)CO[C@H]1C. The zero-order valence-electron chi connectivity index (χ0n) is 15.9. The summed E-state index contributed by atoms with van der Waals surface area (Å²) in [6, 6.07) is 7.39. The van der Waals surface area contributed by atoms with E-state index in [0.29, 0.717) is 12.0 Å². The lowest BCUT2D eigenvalue weighted by molar-refractivity contribution is -0.128. The Labute approximate surface area is 154 Å². The Morgan fingerprint density at radius 1 is 1.27 bits per heavy atom. The summed E-state index contributed by atoms with van der Waals surface area (Å²) in [5.41, 5.74) is 0.363. The molecule has 0 radical (unpaired) electrons. The quantitative estimate of drug-likeness (QED) is 0.780. The summed E-state index contributed by atoms with van der Waals surface area (Å²) < 4.78 is 5.28. The third-order valence-electron chi connectivity index (χ3n) is 4.97. The zero-order valence-corrected chi connectivity index (χ0v) is 15.9. The Bertz CT molecular complexity index is 657. The predicted molar refractivity (Wildman–Crippen MR) is 98.7 cm³/mol. The van der Waals surface area contributed by atoms with Crippen molar-refractivity contribution in [3.8, 4) is 0 Å². The smallest absolute Gasteiger partial charge is 0.251 e. The number of rotatable bonds is 7. The molecular formula is C20H28N2O4. The van der Waals surface area contributed by atoms with E-state index in [-0.39, 0.29) is 35.7 Å². The van der Waals surface area contributed by atoms with Crippen molar-refractivity contribution in [2.45, 2.75) is 58.7 Å². The van der Waals surface area contributed by atoms with Gasteiger partial charge in [-0.3, -0.25) is 14.4 Å². The molecule has 0 bridgehead atoms. The molecule has 0 aliphatic carbocycles. The number of benzene rings is 1. The molecule has 6 nitrogen and oxygen atoms in total. The molecule has 3 atom stereocenters. The molecular weight excluding hydrogens is 332 g/mol. The molecule has 26 heavy (non-hydrogen) atoms. The minimum atomic E-state index is -0.724. The average molecular weight is 360 g/mol. The van der Waals surface area contributed by atoms with Gasteiger partial charge in [0.2, 0.25) is 5.91 Å². The van der Waals surface area contributed by atoms with Gasteiger partial charge < -0.3 is 15.4 Å². The van der Waals surface area contributed by atoms with Crippen LogP contribution in [0.2, 0.25) is 0 Å². The molecule has 142 valence electrons. The average Bonchev–Trinajstić information content (AvgIpc) is 2.93. The van der Waals surface area contributed by atoms with E-state index in [2.05, 4.69) is 24.5 Å². The zero-order chi connectivity index (χ0) is 19.3. The van der Waals surface area contributed by atoms with Gasteiger partial charge in [0.1, 0.15) is 18.7 Å². The van der Waals surface area contributed by atoms with E-state index in [9.17, 15) is 14.4 Å². The van der Waals surface area contributed by atoms with Crippen LogP contribution in [-0.2, 0) is 14.3 Å². The lowest BCUT2D eigenvalue weighted by atomic mass is 9.83. The maximum absolute atomic E-state index is 12.8. The van der Waals surface area contributed by atoms with Gasteiger partial charge in [0, 0.05) is 5.56 Å². The molecule has 1 saturated heterocycles. The molecule has 1 heterocycles. The number of ether oxygens (including phenoxy) is 1. The fraction of sp³-hybridized carbons (Fsp3) is 0.550. The second-order valence-electron chi connectivity index (χ2n) is 7.58. The van der Waals surface area contributed by atoms with E-state index < -0.39 is 12.1 Å². The molecule has 2 rings (SSSR count). The second-order valence-corrected chi connectivity index (χ2v) is 7.58.